The number of benzene rings is 1. The van der Waals surface area contributed by atoms with Crippen LogP contribution in [0.4, 0.5) is 0 Å². The van der Waals surface area contributed by atoms with Crippen LogP contribution < -0.4 is 4.74 Å². The fraction of sp³-hybridized carbons (Fsp3) is 0.333. The van der Waals surface area contributed by atoms with E-state index in [0.717, 1.165) is 0 Å². The highest BCUT2D eigenvalue weighted by Crippen LogP contribution is 2.27. The molecular weight excluding hydrogens is 296 g/mol. The van der Waals surface area contributed by atoms with Gasteiger partial charge in [0.1, 0.15) is 5.75 Å². The monoisotopic (exact) mass is 312 g/mol. The molecule has 0 amide bonds. The number of halogens is 1. The van der Waals surface area contributed by atoms with Crippen LogP contribution in [0.15, 0.2) is 24.3 Å². The summed E-state index contributed by atoms with van der Waals surface area (Å²) in [4.78, 5) is 22.4. The molecule has 21 heavy (non-hydrogen) atoms. The zero-order chi connectivity index (χ0) is 16.0. The van der Waals surface area contributed by atoms with E-state index in [1.165, 1.54) is 26.0 Å². The van der Waals surface area contributed by atoms with Crippen molar-refractivity contribution in [1.29, 1.82) is 0 Å². The number of carbonyl (C=O) groups is 2. The summed E-state index contributed by atoms with van der Waals surface area (Å²) in [7, 11) is 0. The summed E-state index contributed by atoms with van der Waals surface area (Å²) < 4.78 is 10.3. The molecule has 1 N–H and O–H groups in total. The average Bonchev–Trinajstić information content (AvgIpc) is 2.39. The van der Waals surface area contributed by atoms with E-state index in [1.807, 2.05) is 0 Å². The van der Waals surface area contributed by atoms with Gasteiger partial charge in [-0.25, -0.2) is 9.59 Å². The molecule has 0 aliphatic rings. The van der Waals surface area contributed by atoms with Gasteiger partial charge >= 0.3 is 11.9 Å². The summed E-state index contributed by atoms with van der Waals surface area (Å²) in [5.41, 5.74) is -0.912. The predicted octanol–water partition coefficient (Wildman–Crippen LogP) is 3.16. The Hall–Kier alpha value is -2.01. The maximum Gasteiger partial charge on any atom is 0.347 e. The Kier molecular flexibility index (Phi) is 5.79. The topological polar surface area (TPSA) is 72.8 Å². The van der Waals surface area contributed by atoms with E-state index in [9.17, 15) is 9.59 Å². The molecule has 0 heterocycles. The Morgan fingerprint density at radius 1 is 1.38 bits per heavy atom. The quantitative estimate of drug-likeness (QED) is 0.645. The molecule has 0 atom stereocenters. The van der Waals surface area contributed by atoms with Crippen molar-refractivity contribution >= 4 is 29.6 Å². The van der Waals surface area contributed by atoms with Crippen molar-refractivity contribution in [3.63, 3.8) is 0 Å². The molecule has 5 nitrogen and oxygen atoms in total. The maximum atomic E-state index is 11.3. The van der Waals surface area contributed by atoms with E-state index in [2.05, 4.69) is 0 Å². The zero-order valence-corrected chi connectivity index (χ0v) is 12.8. The van der Waals surface area contributed by atoms with Crippen LogP contribution in [-0.4, -0.2) is 29.3 Å². The van der Waals surface area contributed by atoms with Gasteiger partial charge in [-0.15, -0.1) is 0 Å². The second kappa shape index (κ2) is 7.13. The molecule has 0 radical (unpaired) electrons. The first-order chi connectivity index (χ1) is 9.76. The van der Waals surface area contributed by atoms with Crippen LogP contribution in [0, 0.1) is 0 Å². The fourth-order valence-electron chi connectivity index (χ4n) is 1.41. The lowest BCUT2D eigenvalue weighted by Gasteiger charge is -2.22. The second-order valence-corrected chi connectivity index (χ2v) is 5.12. The van der Waals surface area contributed by atoms with Crippen LogP contribution in [0.3, 0.4) is 0 Å². The summed E-state index contributed by atoms with van der Waals surface area (Å²) in [5, 5.41) is 9.54. The number of rotatable bonds is 6. The van der Waals surface area contributed by atoms with E-state index in [4.69, 9.17) is 26.2 Å². The zero-order valence-electron chi connectivity index (χ0n) is 12.1. The van der Waals surface area contributed by atoms with Gasteiger partial charge in [-0.05, 0) is 45.0 Å². The third-order valence-corrected chi connectivity index (χ3v) is 2.77. The van der Waals surface area contributed by atoms with Crippen molar-refractivity contribution in [3.05, 3.63) is 34.9 Å². The standard InChI is InChI=1S/C15H17ClO5/c1-4-20-13(17)8-5-10-9-11(16)6-7-12(10)21-15(2,3)14(18)19/h5-9H,4H2,1-3H3,(H,18,19)/b8-5+. The number of carboxylic acid groups (broad SMARTS) is 1. The van der Waals surface area contributed by atoms with Gasteiger partial charge in [-0.1, -0.05) is 11.6 Å². The summed E-state index contributed by atoms with van der Waals surface area (Å²) in [6, 6.07) is 4.71. The van der Waals surface area contributed by atoms with E-state index in [-0.39, 0.29) is 6.61 Å². The van der Waals surface area contributed by atoms with Crippen molar-refractivity contribution in [2.45, 2.75) is 26.4 Å². The predicted molar refractivity (Wildman–Crippen MR) is 79.5 cm³/mol. The highest BCUT2D eigenvalue weighted by atomic mass is 35.5. The van der Waals surface area contributed by atoms with Gasteiger partial charge in [-0.3, -0.25) is 0 Å². The van der Waals surface area contributed by atoms with Gasteiger partial charge in [0.15, 0.2) is 5.60 Å². The van der Waals surface area contributed by atoms with Crippen molar-refractivity contribution in [2.24, 2.45) is 0 Å². The largest absolute Gasteiger partial charge is 0.478 e. The molecule has 0 bridgehead atoms. The van der Waals surface area contributed by atoms with Crippen LogP contribution in [0.2, 0.25) is 5.02 Å². The molecule has 6 heteroatoms. The van der Waals surface area contributed by atoms with E-state index in [0.29, 0.717) is 16.3 Å². The molecule has 0 saturated heterocycles. The molecule has 0 fully saturated rings. The van der Waals surface area contributed by atoms with Gasteiger partial charge in [-0.2, -0.15) is 0 Å². The van der Waals surface area contributed by atoms with Crippen molar-refractivity contribution in [2.75, 3.05) is 6.61 Å². The highest BCUT2D eigenvalue weighted by molar-refractivity contribution is 6.30. The Balaban J connectivity index is 3.05. The smallest absolute Gasteiger partial charge is 0.347 e. The number of hydrogen-bond donors (Lipinski definition) is 1. The molecular formula is C15H17ClO5. The number of esters is 1. The maximum absolute atomic E-state index is 11.3. The van der Waals surface area contributed by atoms with Gasteiger partial charge in [0, 0.05) is 16.7 Å². The Morgan fingerprint density at radius 3 is 2.62 bits per heavy atom. The molecule has 114 valence electrons. The highest BCUT2D eigenvalue weighted by Gasteiger charge is 2.30. The lowest BCUT2D eigenvalue weighted by molar-refractivity contribution is -0.152. The SMILES string of the molecule is CCOC(=O)/C=C/c1cc(Cl)ccc1OC(C)(C)C(=O)O. The molecule has 1 aromatic rings. The molecule has 0 unspecified atom stereocenters. The first-order valence-electron chi connectivity index (χ1n) is 6.33. The molecule has 0 aliphatic heterocycles. The lowest BCUT2D eigenvalue weighted by atomic mass is 10.1. The minimum atomic E-state index is -1.40. The minimum Gasteiger partial charge on any atom is -0.478 e. The lowest BCUT2D eigenvalue weighted by Crippen LogP contribution is -2.38. The summed E-state index contributed by atoms with van der Waals surface area (Å²) in [6.07, 6.45) is 2.70. The molecule has 1 rings (SSSR count). The summed E-state index contributed by atoms with van der Waals surface area (Å²) >= 11 is 5.91. The number of carboxylic acids is 1. The number of carbonyl (C=O) groups excluding carboxylic acids is 1. The van der Waals surface area contributed by atoms with Crippen LogP contribution in [0.1, 0.15) is 26.3 Å². The van der Waals surface area contributed by atoms with Crippen LogP contribution in [0.25, 0.3) is 6.08 Å². The number of ether oxygens (including phenoxy) is 2. The normalized spacial score (nSPS) is 11.4. The summed E-state index contributed by atoms with van der Waals surface area (Å²) in [5.74, 6) is -1.29. The molecule has 1 aromatic carbocycles. The molecule has 0 saturated carbocycles. The van der Waals surface area contributed by atoms with Crippen molar-refractivity contribution < 1.29 is 24.2 Å². The van der Waals surface area contributed by atoms with Crippen molar-refractivity contribution in [1.82, 2.24) is 0 Å². The summed E-state index contributed by atoms with van der Waals surface area (Å²) in [6.45, 7) is 4.84. The molecule has 0 spiro atoms. The van der Waals surface area contributed by atoms with E-state index < -0.39 is 17.5 Å². The van der Waals surface area contributed by atoms with Crippen LogP contribution >= 0.6 is 11.6 Å². The fourth-order valence-corrected chi connectivity index (χ4v) is 1.59. The van der Waals surface area contributed by atoms with Crippen LogP contribution in [-0.2, 0) is 14.3 Å². The number of aliphatic carboxylic acids is 1. The third kappa shape index (κ3) is 5.11. The number of hydrogen-bond acceptors (Lipinski definition) is 4. The average molecular weight is 313 g/mol. The van der Waals surface area contributed by atoms with Crippen molar-refractivity contribution in [3.8, 4) is 5.75 Å². The van der Waals surface area contributed by atoms with E-state index in [1.54, 1.807) is 25.1 Å². The van der Waals surface area contributed by atoms with Gasteiger partial charge < -0.3 is 14.6 Å². The molecule has 0 aromatic heterocycles. The Bertz CT molecular complexity index is 563. The van der Waals surface area contributed by atoms with Gasteiger partial charge in [0.25, 0.3) is 0 Å². The first-order valence-corrected chi connectivity index (χ1v) is 6.71. The first kappa shape index (κ1) is 17.0. The minimum absolute atomic E-state index is 0.272. The van der Waals surface area contributed by atoms with E-state index >= 15 is 0 Å². The molecule has 0 aliphatic carbocycles. The van der Waals surface area contributed by atoms with Crippen LogP contribution in [0.5, 0.6) is 5.75 Å². The van der Waals surface area contributed by atoms with Gasteiger partial charge in [0.05, 0.1) is 6.61 Å². The van der Waals surface area contributed by atoms with Gasteiger partial charge in [0.2, 0.25) is 0 Å². The Morgan fingerprint density at radius 2 is 2.05 bits per heavy atom. The Labute approximate surface area is 128 Å². The third-order valence-electron chi connectivity index (χ3n) is 2.54. The second-order valence-electron chi connectivity index (χ2n) is 4.69.